The van der Waals surface area contributed by atoms with Crippen LogP contribution in [-0.2, 0) is 9.53 Å². The molecule has 1 aromatic rings. The normalized spacial score (nSPS) is 20.2. The number of aliphatic hydroxyl groups is 1. The lowest BCUT2D eigenvalue weighted by atomic mass is 10.1. The van der Waals surface area contributed by atoms with Gasteiger partial charge in [0, 0.05) is 27.6 Å². The van der Waals surface area contributed by atoms with Crippen LogP contribution < -0.4 is 4.74 Å². The van der Waals surface area contributed by atoms with E-state index in [2.05, 4.69) is 19.6 Å². The van der Waals surface area contributed by atoms with Gasteiger partial charge in [0.05, 0.1) is 11.7 Å². The first-order chi connectivity index (χ1) is 12.2. The fourth-order valence-electron chi connectivity index (χ4n) is 2.74. The smallest absolute Gasteiger partial charge is 0.326 e. The SMILES string of the molecule is C[Si](C)(C)CCOCOc1ccccc1C(=O)N1C[C@H](O)C[C@H]1C(=O)O. The van der Waals surface area contributed by atoms with Gasteiger partial charge in [-0.2, -0.15) is 0 Å². The average Bonchev–Trinajstić information content (AvgIpc) is 2.95. The maximum absolute atomic E-state index is 12.8. The highest BCUT2D eigenvalue weighted by molar-refractivity contribution is 6.76. The van der Waals surface area contributed by atoms with Gasteiger partial charge in [-0.05, 0) is 18.2 Å². The molecule has 144 valence electrons. The number of aliphatic hydroxyl groups excluding tert-OH is 1. The monoisotopic (exact) mass is 381 g/mol. The van der Waals surface area contributed by atoms with E-state index in [1.807, 2.05) is 0 Å². The maximum atomic E-state index is 12.8. The van der Waals surface area contributed by atoms with Gasteiger partial charge in [-0.15, -0.1) is 0 Å². The van der Waals surface area contributed by atoms with Crippen LogP contribution in [0, 0.1) is 0 Å². The lowest BCUT2D eigenvalue weighted by Crippen LogP contribution is -2.40. The number of amides is 1. The molecule has 1 amide bonds. The van der Waals surface area contributed by atoms with Crippen LogP contribution in [0.4, 0.5) is 0 Å². The number of hydrogen-bond donors (Lipinski definition) is 2. The van der Waals surface area contributed by atoms with Crippen molar-refractivity contribution < 1.29 is 29.3 Å². The Bertz CT molecular complexity index is 645. The van der Waals surface area contributed by atoms with E-state index in [1.54, 1.807) is 24.3 Å². The number of rotatable bonds is 8. The zero-order chi connectivity index (χ0) is 19.3. The molecule has 1 saturated heterocycles. The number of carbonyl (C=O) groups excluding carboxylic acids is 1. The van der Waals surface area contributed by atoms with Gasteiger partial charge >= 0.3 is 5.97 Å². The van der Waals surface area contributed by atoms with Gasteiger partial charge in [-0.3, -0.25) is 4.79 Å². The minimum atomic E-state index is -1.18. The molecule has 0 radical (unpaired) electrons. The predicted octanol–water partition coefficient (Wildman–Crippen LogP) is 2.04. The van der Waals surface area contributed by atoms with Gasteiger partial charge in [0.1, 0.15) is 11.8 Å². The standard InChI is InChI=1S/C18H27NO6Si/c1-26(2,3)9-8-24-12-25-16-7-5-4-6-14(16)17(21)19-11-13(20)10-15(19)18(22)23/h4-7,13,15,20H,8-12H2,1-3H3,(H,22,23)/t13-,15+/m1/s1. The van der Waals surface area contributed by atoms with Crippen LogP contribution in [0.25, 0.3) is 0 Å². The molecular weight excluding hydrogens is 354 g/mol. The third-order valence-corrected chi connectivity index (χ3v) is 5.94. The fraction of sp³-hybridized carbons (Fsp3) is 0.556. The van der Waals surface area contributed by atoms with Crippen molar-refractivity contribution in [1.29, 1.82) is 0 Å². The number of para-hydroxylation sites is 1. The van der Waals surface area contributed by atoms with Crippen molar-refractivity contribution in [2.45, 2.75) is 44.3 Å². The van der Waals surface area contributed by atoms with E-state index >= 15 is 0 Å². The Hall–Kier alpha value is -1.90. The minimum Gasteiger partial charge on any atom is -0.480 e. The van der Waals surface area contributed by atoms with E-state index in [-0.39, 0.29) is 25.3 Å². The molecule has 2 rings (SSSR count). The van der Waals surface area contributed by atoms with Crippen LogP contribution in [0.2, 0.25) is 25.7 Å². The third-order valence-electron chi connectivity index (χ3n) is 4.24. The Morgan fingerprint density at radius 3 is 2.62 bits per heavy atom. The molecule has 1 heterocycles. The van der Waals surface area contributed by atoms with Crippen molar-refractivity contribution in [3.8, 4) is 5.75 Å². The molecule has 8 heteroatoms. The summed E-state index contributed by atoms with van der Waals surface area (Å²) in [5.74, 6) is -1.24. The molecular formula is C18H27NO6Si. The van der Waals surface area contributed by atoms with Crippen molar-refractivity contribution in [2.24, 2.45) is 0 Å². The number of benzene rings is 1. The maximum Gasteiger partial charge on any atom is 0.326 e. The zero-order valence-corrected chi connectivity index (χ0v) is 16.5. The second-order valence-corrected chi connectivity index (χ2v) is 13.3. The number of carbonyl (C=O) groups is 2. The highest BCUT2D eigenvalue weighted by Gasteiger charge is 2.39. The van der Waals surface area contributed by atoms with Crippen LogP contribution >= 0.6 is 0 Å². The number of ether oxygens (including phenoxy) is 2. The van der Waals surface area contributed by atoms with E-state index in [4.69, 9.17) is 9.47 Å². The van der Waals surface area contributed by atoms with Gasteiger partial charge in [0.15, 0.2) is 6.79 Å². The first-order valence-corrected chi connectivity index (χ1v) is 12.4. The quantitative estimate of drug-likeness (QED) is 0.406. The molecule has 1 aromatic carbocycles. The summed E-state index contributed by atoms with van der Waals surface area (Å²) in [6.45, 7) is 7.40. The summed E-state index contributed by atoms with van der Waals surface area (Å²) in [6, 6.07) is 6.65. The molecule has 0 bridgehead atoms. The third kappa shape index (κ3) is 5.55. The first-order valence-electron chi connectivity index (χ1n) is 8.70. The molecule has 1 aliphatic heterocycles. The Labute approximate surface area is 154 Å². The summed E-state index contributed by atoms with van der Waals surface area (Å²) < 4.78 is 11.1. The summed E-state index contributed by atoms with van der Waals surface area (Å²) >= 11 is 0. The summed E-state index contributed by atoms with van der Waals surface area (Å²) in [7, 11) is -1.18. The molecule has 1 aliphatic rings. The Morgan fingerprint density at radius 2 is 1.96 bits per heavy atom. The van der Waals surface area contributed by atoms with E-state index in [0.717, 1.165) is 6.04 Å². The summed E-state index contributed by atoms with van der Waals surface area (Å²) in [6.07, 6.45) is -0.804. The van der Waals surface area contributed by atoms with E-state index in [9.17, 15) is 19.8 Å². The number of carboxylic acids is 1. The topological polar surface area (TPSA) is 96.3 Å². The van der Waals surface area contributed by atoms with Gasteiger partial charge in [-0.1, -0.05) is 31.8 Å². The molecule has 0 unspecified atom stereocenters. The van der Waals surface area contributed by atoms with E-state index < -0.39 is 32.1 Å². The van der Waals surface area contributed by atoms with Crippen molar-refractivity contribution in [3.63, 3.8) is 0 Å². The summed E-state index contributed by atoms with van der Waals surface area (Å²) in [5.41, 5.74) is 0.265. The van der Waals surface area contributed by atoms with Gasteiger partial charge < -0.3 is 24.6 Å². The van der Waals surface area contributed by atoms with Crippen molar-refractivity contribution in [3.05, 3.63) is 29.8 Å². The number of nitrogens with zero attached hydrogens (tertiary/aromatic N) is 1. The largest absolute Gasteiger partial charge is 0.480 e. The molecule has 0 aliphatic carbocycles. The van der Waals surface area contributed by atoms with Crippen molar-refractivity contribution in [1.82, 2.24) is 4.90 Å². The van der Waals surface area contributed by atoms with Gasteiger partial charge in [0.2, 0.25) is 0 Å². The lowest BCUT2D eigenvalue weighted by molar-refractivity contribution is -0.141. The predicted molar refractivity (Wildman–Crippen MR) is 99.1 cm³/mol. The fourth-order valence-corrected chi connectivity index (χ4v) is 3.50. The molecule has 2 N–H and O–H groups in total. The Balaban J connectivity index is 2.01. The average molecular weight is 382 g/mol. The van der Waals surface area contributed by atoms with Crippen LogP contribution in [0.15, 0.2) is 24.3 Å². The van der Waals surface area contributed by atoms with Gasteiger partial charge in [-0.25, -0.2) is 4.79 Å². The van der Waals surface area contributed by atoms with Crippen LogP contribution in [-0.4, -0.2) is 67.2 Å². The van der Waals surface area contributed by atoms with Crippen molar-refractivity contribution in [2.75, 3.05) is 19.9 Å². The number of carboxylic acid groups (broad SMARTS) is 1. The number of likely N-dealkylation sites (tertiary alicyclic amines) is 1. The second-order valence-electron chi connectivity index (χ2n) is 7.68. The minimum absolute atomic E-state index is 0.00313. The van der Waals surface area contributed by atoms with Crippen LogP contribution in [0.5, 0.6) is 5.75 Å². The molecule has 0 saturated carbocycles. The van der Waals surface area contributed by atoms with Crippen LogP contribution in [0.3, 0.4) is 0 Å². The number of hydrogen-bond acceptors (Lipinski definition) is 5. The molecule has 0 aromatic heterocycles. The highest BCUT2D eigenvalue weighted by atomic mass is 28.3. The highest BCUT2D eigenvalue weighted by Crippen LogP contribution is 2.25. The van der Waals surface area contributed by atoms with Crippen LogP contribution in [0.1, 0.15) is 16.8 Å². The number of β-amino-alcohol motifs (C(OH)–C–C–N with tert-alkyl or cyclic N) is 1. The Kier molecular flexibility index (Phi) is 6.79. The Morgan fingerprint density at radius 1 is 1.27 bits per heavy atom. The second kappa shape index (κ2) is 8.66. The van der Waals surface area contributed by atoms with E-state index in [0.29, 0.717) is 12.4 Å². The molecule has 1 fully saturated rings. The zero-order valence-electron chi connectivity index (χ0n) is 15.5. The summed E-state index contributed by atoms with van der Waals surface area (Å²) in [4.78, 5) is 25.3. The van der Waals surface area contributed by atoms with Crippen molar-refractivity contribution >= 4 is 20.0 Å². The van der Waals surface area contributed by atoms with Gasteiger partial charge in [0.25, 0.3) is 5.91 Å². The first kappa shape index (κ1) is 20.4. The molecule has 0 spiro atoms. The molecule has 26 heavy (non-hydrogen) atoms. The molecule has 7 nitrogen and oxygen atoms in total. The number of aliphatic carboxylic acids is 1. The van der Waals surface area contributed by atoms with E-state index in [1.165, 1.54) is 4.90 Å². The molecule has 2 atom stereocenters. The summed E-state index contributed by atoms with van der Waals surface area (Å²) in [5, 5.41) is 19.0. The lowest BCUT2D eigenvalue weighted by Gasteiger charge is -2.22.